The highest BCUT2D eigenvalue weighted by Crippen LogP contribution is 2.35. The van der Waals surface area contributed by atoms with Gasteiger partial charge in [0.1, 0.15) is 6.04 Å². The topological polar surface area (TPSA) is 40.6 Å². The molecule has 4 nitrogen and oxygen atoms in total. The van der Waals surface area contributed by atoms with Gasteiger partial charge in [0.15, 0.2) is 0 Å². The fourth-order valence-electron chi connectivity index (χ4n) is 2.99. The summed E-state index contributed by atoms with van der Waals surface area (Å²) in [6, 6.07) is 2.94. The molecule has 2 amide bonds. The molecular weight excluding hydrogens is 433 g/mol. The lowest BCUT2D eigenvalue weighted by molar-refractivity contribution is -0.141. The maximum absolute atomic E-state index is 13.0. The first-order valence-electron chi connectivity index (χ1n) is 8.57. The number of nitrogens with zero attached hydrogens (tertiary/aromatic N) is 2. The van der Waals surface area contributed by atoms with E-state index >= 15 is 0 Å². The van der Waals surface area contributed by atoms with Crippen molar-refractivity contribution in [3.05, 3.63) is 40.4 Å². The number of carbonyl (C=O) groups is 2. The summed E-state index contributed by atoms with van der Waals surface area (Å²) in [6.07, 6.45) is -2.04. The largest absolute Gasteiger partial charge is 0.417 e. The van der Waals surface area contributed by atoms with E-state index in [0.29, 0.717) is 24.7 Å². The number of benzene rings is 1. The summed E-state index contributed by atoms with van der Waals surface area (Å²) >= 11 is 8.90. The summed E-state index contributed by atoms with van der Waals surface area (Å²) in [7, 11) is 0. The van der Waals surface area contributed by atoms with E-state index in [2.05, 4.69) is 0 Å². The molecular formula is C18H18ClF3N2O2S2. The van der Waals surface area contributed by atoms with E-state index in [0.717, 1.165) is 23.6 Å². The van der Waals surface area contributed by atoms with Crippen LogP contribution in [0.2, 0.25) is 5.02 Å². The van der Waals surface area contributed by atoms with Crippen molar-refractivity contribution in [3.63, 3.8) is 0 Å². The molecule has 0 spiro atoms. The van der Waals surface area contributed by atoms with Crippen molar-refractivity contribution < 1.29 is 22.8 Å². The van der Waals surface area contributed by atoms with Gasteiger partial charge in [0.2, 0.25) is 11.8 Å². The molecule has 0 N–H and O–H groups in total. The Labute approximate surface area is 174 Å². The molecule has 1 unspecified atom stereocenters. The van der Waals surface area contributed by atoms with Crippen LogP contribution >= 0.6 is 35.1 Å². The van der Waals surface area contributed by atoms with Gasteiger partial charge in [0, 0.05) is 36.4 Å². The SMILES string of the molecule is O=C(C1CSCN1C(=O)C=Cc1ccc(Cl)c(C(F)(F)F)c1)N1CCSCC1. The third kappa shape index (κ3) is 4.99. The first-order chi connectivity index (χ1) is 13.3. The maximum atomic E-state index is 13.0. The predicted octanol–water partition coefficient (Wildman–Crippen LogP) is 3.85. The predicted molar refractivity (Wildman–Crippen MR) is 107 cm³/mol. The van der Waals surface area contributed by atoms with E-state index in [1.165, 1.54) is 34.9 Å². The second-order valence-electron chi connectivity index (χ2n) is 6.33. The van der Waals surface area contributed by atoms with Crippen LogP contribution in [-0.4, -0.2) is 63.9 Å². The zero-order chi connectivity index (χ0) is 20.3. The van der Waals surface area contributed by atoms with Crippen molar-refractivity contribution in [1.29, 1.82) is 0 Å². The molecule has 0 aromatic heterocycles. The molecule has 1 atom stereocenters. The van der Waals surface area contributed by atoms with Crippen molar-refractivity contribution in [2.75, 3.05) is 36.2 Å². The Morgan fingerprint density at radius 2 is 1.89 bits per heavy atom. The molecule has 2 heterocycles. The molecule has 10 heteroatoms. The number of hydrogen-bond acceptors (Lipinski definition) is 4. The molecule has 2 fully saturated rings. The van der Waals surface area contributed by atoms with Crippen LogP contribution in [0.5, 0.6) is 0 Å². The third-order valence-corrected chi connectivity index (χ3v) is 6.77. The molecule has 152 valence electrons. The average Bonchev–Trinajstić information content (AvgIpc) is 3.16. The van der Waals surface area contributed by atoms with Gasteiger partial charge < -0.3 is 9.80 Å². The Bertz CT molecular complexity index is 783. The molecule has 0 saturated carbocycles. The first kappa shape index (κ1) is 21.4. The first-order valence-corrected chi connectivity index (χ1v) is 11.3. The van der Waals surface area contributed by atoms with Gasteiger partial charge in [-0.3, -0.25) is 9.59 Å². The number of thioether (sulfide) groups is 2. The molecule has 2 aliphatic rings. The smallest absolute Gasteiger partial charge is 0.339 e. The number of hydrogen-bond donors (Lipinski definition) is 0. The van der Waals surface area contributed by atoms with E-state index in [9.17, 15) is 22.8 Å². The van der Waals surface area contributed by atoms with Crippen LogP contribution in [0.25, 0.3) is 6.08 Å². The van der Waals surface area contributed by atoms with Gasteiger partial charge in [-0.05, 0) is 23.8 Å². The zero-order valence-corrected chi connectivity index (χ0v) is 17.1. The Morgan fingerprint density at radius 3 is 2.57 bits per heavy atom. The molecule has 0 bridgehead atoms. The van der Waals surface area contributed by atoms with Crippen LogP contribution < -0.4 is 0 Å². The van der Waals surface area contributed by atoms with Crippen molar-refractivity contribution in [3.8, 4) is 0 Å². The van der Waals surface area contributed by atoms with Crippen molar-refractivity contribution in [1.82, 2.24) is 9.80 Å². The Balaban J connectivity index is 1.70. The highest BCUT2D eigenvalue weighted by Gasteiger charge is 2.37. The van der Waals surface area contributed by atoms with Gasteiger partial charge in [-0.2, -0.15) is 24.9 Å². The highest BCUT2D eigenvalue weighted by atomic mass is 35.5. The summed E-state index contributed by atoms with van der Waals surface area (Å²) in [6.45, 7) is 1.35. The monoisotopic (exact) mass is 450 g/mol. The number of halogens is 4. The number of carbonyl (C=O) groups excluding carboxylic acids is 2. The Kier molecular flexibility index (Phi) is 6.88. The highest BCUT2D eigenvalue weighted by molar-refractivity contribution is 7.99. The molecule has 1 aromatic rings. The Hall–Kier alpha value is -1.32. The molecule has 1 aromatic carbocycles. The second-order valence-corrected chi connectivity index (χ2v) is 8.96. The summed E-state index contributed by atoms with van der Waals surface area (Å²) < 4.78 is 38.9. The van der Waals surface area contributed by atoms with Gasteiger partial charge in [-0.15, -0.1) is 11.8 Å². The van der Waals surface area contributed by atoms with Crippen LogP contribution in [0, 0.1) is 0 Å². The van der Waals surface area contributed by atoms with Crippen molar-refractivity contribution in [2.24, 2.45) is 0 Å². The van der Waals surface area contributed by atoms with Gasteiger partial charge in [-0.1, -0.05) is 17.7 Å². The summed E-state index contributed by atoms with van der Waals surface area (Å²) in [5.74, 6) is 2.24. The van der Waals surface area contributed by atoms with Crippen LogP contribution in [0.3, 0.4) is 0 Å². The molecule has 2 aliphatic heterocycles. The van der Waals surface area contributed by atoms with Crippen LogP contribution in [0.4, 0.5) is 13.2 Å². The second kappa shape index (κ2) is 9.00. The fourth-order valence-corrected chi connectivity index (χ4v) is 5.27. The van der Waals surface area contributed by atoms with E-state index in [1.54, 1.807) is 16.7 Å². The van der Waals surface area contributed by atoms with E-state index < -0.39 is 28.7 Å². The van der Waals surface area contributed by atoms with E-state index in [4.69, 9.17) is 11.6 Å². The molecule has 0 radical (unpaired) electrons. The van der Waals surface area contributed by atoms with Crippen LogP contribution in [0.15, 0.2) is 24.3 Å². The molecule has 28 heavy (non-hydrogen) atoms. The van der Waals surface area contributed by atoms with E-state index in [-0.39, 0.29) is 11.5 Å². The van der Waals surface area contributed by atoms with Crippen LogP contribution in [0.1, 0.15) is 11.1 Å². The number of amides is 2. The fraction of sp³-hybridized carbons (Fsp3) is 0.444. The minimum atomic E-state index is -4.57. The number of rotatable bonds is 3. The lowest BCUT2D eigenvalue weighted by Crippen LogP contribution is -2.50. The zero-order valence-electron chi connectivity index (χ0n) is 14.7. The van der Waals surface area contributed by atoms with Gasteiger partial charge in [0.25, 0.3) is 0 Å². The molecule has 3 rings (SSSR count). The third-order valence-electron chi connectivity index (χ3n) is 4.49. The minimum Gasteiger partial charge on any atom is -0.339 e. The lowest BCUT2D eigenvalue weighted by atomic mass is 10.1. The summed E-state index contributed by atoms with van der Waals surface area (Å²) in [5.41, 5.74) is -0.732. The average molecular weight is 451 g/mol. The molecule has 2 saturated heterocycles. The Morgan fingerprint density at radius 1 is 1.18 bits per heavy atom. The lowest BCUT2D eigenvalue weighted by Gasteiger charge is -2.31. The normalized spacial score (nSPS) is 20.8. The summed E-state index contributed by atoms with van der Waals surface area (Å²) in [5, 5.41) is -0.391. The quantitative estimate of drug-likeness (QED) is 0.656. The standard InChI is InChI=1S/C18H18ClF3N2O2S2/c19-14-3-1-12(9-13(14)18(20,21)22)2-4-16(25)24-11-28-10-15(24)17(26)23-5-7-27-8-6-23/h1-4,9,15H,5-8,10-11H2. The van der Waals surface area contributed by atoms with Crippen LogP contribution in [-0.2, 0) is 15.8 Å². The van der Waals surface area contributed by atoms with Gasteiger partial charge >= 0.3 is 6.18 Å². The molecule has 0 aliphatic carbocycles. The van der Waals surface area contributed by atoms with Gasteiger partial charge in [0.05, 0.1) is 16.5 Å². The van der Waals surface area contributed by atoms with Crippen molar-refractivity contribution in [2.45, 2.75) is 12.2 Å². The maximum Gasteiger partial charge on any atom is 0.417 e. The summed E-state index contributed by atoms with van der Waals surface area (Å²) in [4.78, 5) is 28.6. The van der Waals surface area contributed by atoms with E-state index in [1.807, 2.05) is 0 Å². The van der Waals surface area contributed by atoms with Gasteiger partial charge in [-0.25, -0.2) is 0 Å². The number of alkyl halides is 3. The minimum absolute atomic E-state index is 0.0575. The van der Waals surface area contributed by atoms with Crippen molar-refractivity contribution >= 4 is 53.0 Å².